The van der Waals surface area contributed by atoms with E-state index in [0.29, 0.717) is 0 Å². The lowest BCUT2D eigenvalue weighted by Gasteiger charge is -2.43. The fraction of sp³-hybridized carbons (Fsp3) is 1.00. The van der Waals surface area contributed by atoms with Crippen molar-refractivity contribution in [2.24, 2.45) is 5.92 Å². The van der Waals surface area contributed by atoms with Crippen molar-refractivity contribution in [3.05, 3.63) is 0 Å². The molecule has 2 aliphatic heterocycles. The first kappa shape index (κ1) is 14.3. The maximum Gasteiger partial charge on any atom is 0.0916 e. The third kappa shape index (κ3) is 2.59. The summed E-state index contributed by atoms with van der Waals surface area (Å²) in [6.07, 6.45) is 3.64. The van der Waals surface area contributed by atoms with Crippen molar-refractivity contribution in [1.29, 1.82) is 0 Å². The lowest BCUT2D eigenvalue weighted by atomic mass is 9.75. The van der Waals surface area contributed by atoms with Gasteiger partial charge in [0.25, 0.3) is 0 Å². The Kier molecular flexibility index (Phi) is 3.54. The molecule has 2 fully saturated rings. The van der Waals surface area contributed by atoms with Crippen LogP contribution in [-0.4, -0.2) is 34.6 Å². The summed E-state index contributed by atoms with van der Waals surface area (Å²) in [6.45, 7) is 11.2. The summed E-state index contributed by atoms with van der Waals surface area (Å²) in [4.78, 5) is 0. The molecule has 2 rings (SSSR count). The minimum atomic E-state index is -0.449. The molecular weight excluding hydrogens is 228 g/mol. The van der Waals surface area contributed by atoms with E-state index in [1.54, 1.807) is 0 Å². The third-order valence-corrected chi connectivity index (χ3v) is 4.65. The highest BCUT2D eigenvalue weighted by atomic mass is 16.5. The van der Waals surface area contributed by atoms with Gasteiger partial charge >= 0.3 is 0 Å². The third-order valence-electron chi connectivity index (χ3n) is 4.65. The summed E-state index contributed by atoms with van der Waals surface area (Å²) >= 11 is 0. The van der Waals surface area contributed by atoms with E-state index in [1.165, 1.54) is 0 Å². The monoisotopic (exact) mass is 256 g/mol. The van der Waals surface area contributed by atoms with Gasteiger partial charge in [0, 0.05) is 12.5 Å². The number of hydrogen-bond acceptors (Lipinski definition) is 3. The predicted octanol–water partition coefficient (Wildman–Crippen LogP) is 2.90. The van der Waals surface area contributed by atoms with E-state index in [4.69, 9.17) is 9.47 Å². The van der Waals surface area contributed by atoms with Crippen molar-refractivity contribution in [3.63, 3.8) is 0 Å². The molecule has 0 radical (unpaired) electrons. The maximum absolute atomic E-state index is 10.8. The number of aliphatic hydroxyl groups excluding tert-OH is 1. The number of aliphatic hydroxyl groups is 1. The van der Waals surface area contributed by atoms with Crippen molar-refractivity contribution in [1.82, 2.24) is 0 Å². The van der Waals surface area contributed by atoms with Gasteiger partial charge in [-0.2, -0.15) is 0 Å². The van der Waals surface area contributed by atoms with Gasteiger partial charge in [-0.05, 0) is 60.3 Å². The van der Waals surface area contributed by atoms with Gasteiger partial charge in [-0.15, -0.1) is 0 Å². The van der Waals surface area contributed by atoms with Crippen LogP contribution in [0.3, 0.4) is 0 Å². The summed E-state index contributed by atoms with van der Waals surface area (Å²) < 4.78 is 12.0. The van der Waals surface area contributed by atoms with Crippen molar-refractivity contribution < 1.29 is 14.6 Å². The standard InChI is InChI=1S/C15H28O3/c1-13(2)10-11(14(3,4)18-13)12(16)15(5)8-6-7-9-17-15/h11-12,16H,6-10H2,1-5H3. The second-order valence-corrected chi connectivity index (χ2v) is 7.34. The Bertz CT molecular complexity index is 303. The number of rotatable bonds is 2. The molecule has 0 aromatic carbocycles. The van der Waals surface area contributed by atoms with E-state index >= 15 is 0 Å². The molecule has 0 saturated carbocycles. The molecule has 0 aromatic rings. The lowest BCUT2D eigenvalue weighted by molar-refractivity contribution is -0.171. The van der Waals surface area contributed by atoms with Gasteiger partial charge in [0.05, 0.1) is 22.9 Å². The van der Waals surface area contributed by atoms with Crippen molar-refractivity contribution in [2.75, 3.05) is 6.61 Å². The maximum atomic E-state index is 10.8. The highest BCUT2D eigenvalue weighted by Crippen LogP contribution is 2.47. The second-order valence-electron chi connectivity index (χ2n) is 7.34. The fourth-order valence-electron chi connectivity index (χ4n) is 3.71. The van der Waals surface area contributed by atoms with Crippen LogP contribution in [0.25, 0.3) is 0 Å². The minimum absolute atomic E-state index is 0.135. The van der Waals surface area contributed by atoms with Gasteiger partial charge in [0.1, 0.15) is 0 Å². The number of hydrogen-bond donors (Lipinski definition) is 1. The zero-order chi connectivity index (χ0) is 13.6. The Labute approximate surface area is 111 Å². The molecule has 3 atom stereocenters. The van der Waals surface area contributed by atoms with Gasteiger partial charge in [-0.3, -0.25) is 0 Å². The molecule has 2 heterocycles. The average Bonchev–Trinajstić information content (AvgIpc) is 2.46. The molecule has 106 valence electrons. The van der Waals surface area contributed by atoms with Crippen molar-refractivity contribution in [2.45, 2.75) is 83.2 Å². The van der Waals surface area contributed by atoms with Gasteiger partial charge in [0.15, 0.2) is 0 Å². The molecule has 0 aromatic heterocycles. The van der Waals surface area contributed by atoms with Crippen LogP contribution in [0.5, 0.6) is 0 Å². The Morgan fingerprint density at radius 3 is 2.22 bits per heavy atom. The summed E-state index contributed by atoms with van der Waals surface area (Å²) in [5.74, 6) is 0.135. The Morgan fingerprint density at radius 2 is 1.78 bits per heavy atom. The van der Waals surface area contributed by atoms with Crippen LogP contribution in [0.4, 0.5) is 0 Å². The van der Waals surface area contributed by atoms with Gasteiger partial charge in [0.2, 0.25) is 0 Å². The molecule has 2 saturated heterocycles. The van der Waals surface area contributed by atoms with Crippen molar-refractivity contribution >= 4 is 0 Å². The van der Waals surface area contributed by atoms with Crippen LogP contribution >= 0.6 is 0 Å². The summed E-state index contributed by atoms with van der Waals surface area (Å²) in [5.41, 5.74) is -0.836. The smallest absolute Gasteiger partial charge is 0.0916 e. The first-order valence-corrected chi connectivity index (χ1v) is 7.19. The van der Waals surface area contributed by atoms with E-state index in [1.807, 2.05) is 0 Å². The quantitative estimate of drug-likeness (QED) is 0.825. The molecule has 0 bridgehead atoms. The highest BCUT2D eigenvalue weighted by Gasteiger charge is 2.53. The van der Waals surface area contributed by atoms with Crippen LogP contribution in [0.15, 0.2) is 0 Å². The Hall–Kier alpha value is -0.120. The van der Waals surface area contributed by atoms with Crippen LogP contribution < -0.4 is 0 Å². The largest absolute Gasteiger partial charge is 0.390 e. The second kappa shape index (κ2) is 4.46. The van der Waals surface area contributed by atoms with Crippen molar-refractivity contribution in [3.8, 4) is 0 Å². The summed E-state index contributed by atoms with van der Waals surface area (Å²) in [7, 11) is 0. The molecule has 1 N–H and O–H groups in total. The van der Waals surface area contributed by atoms with E-state index in [2.05, 4.69) is 34.6 Å². The van der Waals surface area contributed by atoms with E-state index in [0.717, 1.165) is 32.3 Å². The molecule has 18 heavy (non-hydrogen) atoms. The van der Waals surface area contributed by atoms with Crippen LogP contribution in [0.2, 0.25) is 0 Å². The number of ether oxygens (including phenoxy) is 2. The van der Waals surface area contributed by atoms with E-state index in [-0.39, 0.29) is 17.1 Å². The summed E-state index contributed by atoms with van der Waals surface area (Å²) in [5, 5.41) is 10.8. The Morgan fingerprint density at radius 1 is 1.11 bits per heavy atom. The molecule has 0 aliphatic carbocycles. The first-order chi connectivity index (χ1) is 8.16. The van der Waals surface area contributed by atoms with E-state index in [9.17, 15) is 5.11 Å². The van der Waals surface area contributed by atoms with Crippen LogP contribution in [-0.2, 0) is 9.47 Å². The topological polar surface area (TPSA) is 38.7 Å². The average molecular weight is 256 g/mol. The van der Waals surface area contributed by atoms with Gasteiger partial charge in [-0.25, -0.2) is 0 Å². The van der Waals surface area contributed by atoms with Gasteiger partial charge < -0.3 is 14.6 Å². The molecule has 3 unspecified atom stereocenters. The molecule has 0 amide bonds. The molecule has 2 aliphatic rings. The molecule has 3 heteroatoms. The highest BCUT2D eigenvalue weighted by molar-refractivity contribution is 5.03. The SMILES string of the molecule is CC1(C)CC(C(O)C2(C)CCCCO2)C(C)(C)O1. The normalized spacial score (nSPS) is 40.7. The Balaban J connectivity index is 2.15. The fourth-order valence-corrected chi connectivity index (χ4v) is 3.71. The zero-order valence-electron chi connectivity index (χ0n) is 12.5. The minimum Gasteiger partial charge on any atom is -0.390 e. The van der Waals surface area contributed by atoms with Crippen LogP contribution in [0, 0.1) is 5.92 Å². The predicted molar refractivity (Wildman–Crippen MR) is 71.6 cm³/mol. The molecule has 0 spiro atoms. The van der Waals surface area contributed by atoms with E-state index < -0.39 is 11.7 Å². The molecule has 3 nitrogen and oxygen atoms in total. The van der Waals surface area contributed by atoms with Gasteiger partial charge in [-0.1, -0.05) is 0 Å². The van der Waals surface area contributed by atoms with Crippen LogP contribution in [0.1, 0.15) is 60.3 Å². The first-order valence-electron chi connectivity index (χ1n) is 7.19. The molecular formula is C15H28O3. The summed E-state index contributed by atoms with van der Waals surface area (Å²) in [6, 6.07) is 0. The zero-order valence-corrected chi connectivity index (χ0v) is 12.5. The lowest BCUT2D eigenvalue weighted by Crippen LogP contribution is -2.52.